The molecule has 0 saturated heterocycles. The number of methoxy groups -OCH3 is 2. The lowest BCUT2D eigenvalue weighted by atomic mass is 9.78. The zero-order chi connectivity index (χ0) is 14.9. The summed E-state index contributed by atoms with van der Waals surface area (Å²) in [5.74, 6) is 1.98. The number of benzene rings is 1. The quantitative estimate of drug-likeness (QED) is 0.648. The van der Waals surface area contributed by atoms with Crippen molar-refractivity contribution in [1.29, 1.82) is 0 Å². The van der Waals surface area contributed by atoms with Crippen LogP contribution in [0, 0.1) is 11.3 Å². The smallest absolute Gasteiger partial charge is 0.162 e. The maximum atomic E-state index is 6.44. The summed E-state index contributed by atoms with van der Waals surface area (Å²) < 4.78 is 10.7. The summed E-state index contributed by atoms with van der Waals surface area (Å²) in [6.07, 6.45) is 3.78. The molecular weight excluding hydrogens is 340 g/mol. The van der Waals surface area contributed by atoms with Crippen molar-refractivity contribution in [2.75, 3.05) is 14.2 Å². The Kier molecular flexibility index (Phi) is 4.91. The summed E-state index contributed by atoms with van der Waals surface area (Å²) in [7, 11) is 3.28. The molecule has 112 valence electrons. The molecule has 1 aliphatic rings. The minimum absolute atomic E-state index is 0.243. The van der Waals surface area contributed by atoms with E-state index < -0.39 is 0 Å². The van der Waals surface area contributed by atoms with Crippen LogP contribution in [0.3, 0.4) is 0 Å². The molecule has 0 bridgehead atoms. The van der Waals surface area contributed by atoms with Crippen LogP contribution in [-0.2, 0) is 0 Å². The van der Waals surface area contributed by atoms with Gasteiger partial charge in [-0.1, -0.05) is 47.8 Å². The van der Waals surface area contributed by atoms with Gasteiger partial charge in [-0.25, -0.2) is 0 Å². The minimum atomic E-state index is 0.243. The van der Waals surface area contributed by atoms with Crippen molar-refractivity contribution in [1.82, 2.24) is 0 Å². The maximum absolute atomic E-state index is 6.44. The van der Waals surface area contributed by atoms with Gasteiger partial charge in [0.05, 0.1) is 14.2 Å². The number of halogens is 2. The topological polar surface area (TPSA) is 18.5 Å². The monoisotopic (exact) mass is 360 g/mol. The van der Waals surface area contributed by atoms with Gasteiger partial charge in [0, 0.05) is 15.9 Å². The van der Waals surface area contributed by atoms with Crippen LogP contribution in [0.1, 0.15) is 43.5 Å². The highest BCUT2D eigenvalue weighted by molar-refractivity contribution is 9.09. The fraction of sp³-hybridized carbons (Fsp3) is 0.625. The summed E-state index contributed by atoms with van der Waals surface area (Å²) in [6.45, 7) is 4.68. The van der Waals surface area contributed by atoms with E-state index in [-0.39, 0.29) is 4.83 Å². The zero-order valence-electron chi connectivity index (χ0n) is 12.5. The Hall–Kier alpha value is -0.410. The molecule has 0 amide bonds. The number of hydrogen-bond donors (Lipinski definition) is 0. The summed E-state index contributed by atoms with van der Waals surface area (Å²) in [5.41, 5.74) is 1.43. The van der Waals surface area contributed by atoms with Gasteiger partial charge in [0.15, 0.2) is 11.5 Å². The Morgan fingerprint density at radius 1 is 1.25 bits per heavy atom. The third kappa shape index (κ3) is 2.94. The number of rotatable bonds is 4. The summed E-state index contributed by atoms with van der Waals surface area (Å²) in [6, 6.07) is 3.83. The predicted octanol–water partition coefficient (Wildman–Crippen LogP) is 5.62. The lowest BCUT2D eigenvalue weighted by molar-refractivity contribution is 0.256. The predicted molar refractivity (Wildman–Crippen MR) is 87.3 cm³/mol. The molecule has 2 rings (SSSR count). The first kappa shape index (κ1) is 16.0. The van der Waals surface area contributed by atoms with Crippen molar-refractivity contribution in [3.63, 3.8) is 0 Å². The van der Waals surface area contributed by atoms with Crippen molar-refractivity contribution in [3.8, 4) is 11.5 Å². The highest BCUT2D eigenvalue weighted by Crippen LogP contribution is 2.53. The van der Waals surface area contributed by atoms with Crippen LogP contribution < -0.4 is 9.47 Å². The van der Waals surface area contributed by atoms with Crippen LogP contribution in [0.25, 0.3) is 0 Å². The van der Waals surface area contributed by atoms with Crippen LogP contribution in [0.2, 0.25) is 5.02 Å². The Morgan fingerprint density at radius 2 is 1.85 bits per heavy atom. The molecule has 2 unspecified atom stereocenters. The van der Waals surface area contributed by atoms with Crippen LogP contribution >= 0.6 is 27.5 Å². The molecule has 1 aromatic carbocycles. The van der Waals surface area contributed by atoms with E-state index in [1.807, 2.05) is 12.1 Å². The molecule has 1 saturated carbocycles. The number of hydrogen-bond acceptors (Lipinski definition) is 2. The van der Waals surface area contributed by atoms with Gasteiger partial charge in [-0.3, -0.25) is 0 Å². The van der Waals surface area contributed by atoms with E-state index in [1.54, 1.807) is 14.2 Å². The van der Waals surface area contributed by atoms with Gasteiger partial charge in [0.2, 0.25) is 0 Å². The summed E-state index contributed by atoms with van der Waals surface area (Å²) in [5, 5.41) is 0.729. The van der Waals surface area contributed by atoms with Gasteiger partial charge < -0.3 is 9.47 Å². The maximum Gasteiger partial charge on any atom is 0.162 e. The fourth-order valence-electron chi connectivity index (χ4n) is 3.19. The van der Waals surface area contributed by atoms with E-state index in [4.69, 9.17) is 21.1 Å². The van der Waals surface area contributed by atoms with E-state index >= 15 is 0 Å². The van der Waals surface area contributed by atoms with E-state index in [9.17, 15) is 0 Å². The van der Waals surface area contributed by atoms with E-state index in [0.29, 0.717) is 17.1 Å². The molecule has 1 aliphatic carbocycles. The largest absolute Gasteiger partial charge is 0.493 e. The Morgan fingerprint density at radius 3 is 2.35 bits per heavy atom. The zero-order valence-corrected chi connectivity index (χ0v) is 14.8. The van der Waals surface area contributed by atoms with Crippen molar-refractivity contribution in [2.45, 2.75) is 37.9 Å². The van der Waals surface area contributed by atoms with Gasteiger partial charge in [-0.2, -0.15) is 0 Å². The molecule has 0 heterocycles. The molecular formula is C16H22BrClO2. The molecule has 0 aromatic heterocycles. The average Bonchev–Trinajstić information content (AvgIpc) is 2.77. The second-order valence-electron chi connectivity index (χ2n) is 6.12. The SMILES string of the molecule is COc1cc(Cl)c(C(Br)C2CCCC2(C)C)cc1OC. The van der Waals surface area contributed by atoms with Crippen molar-refractivity contribution < 1.29 is 9.47 Å². The Bertz CT molecular complexity index is 488. The van der Waals surface area contributed by atoms with Crippen molar-refractivity contribution in [2.24, 2.45) is 11.3 Å². The van der Waals surface area contributed by atoms with Crippen molar-refractivity contribution in [3.05, 3.63) is 22.7 Å². The van der Waals surface area contributed by atoms with E-state index in [1.165, 1.54) is 19.3 Å². The lowest BCUT2D eigenvalue weighted by Crippen LogP contribution is -2.21. The molecule has 0 N–H and O–H groups in total. The van der Waals surface area contributed by atoms with Crippen LogP contribution in [0.15, 0.2) is 12.1 Å². The molecule has 1 aromatic rings. The number of alkyl halides is 1. The lowest BCUT2D eigenvalue weighted by Gasteiger charge is -2.32. The summed E-state index contributed by atoms with van der Waals surface area (Å²) >= 11 is 10.3. The standard InChI is InChI=1S/C16H22BrClO2/c1-16(2)7-5-6-11(16)15(17)10-8-13(19-3)14(20-4)9-12(10)18/h8-9,11,15H,5-7H2,1-4H3. The Balaban J connectivity index is 2.37. The molecule has 1 fully saturated rings. The molecule has 0 radical (unpaired) electrons. The second kappa shape index (κ2) is 6.15. The average molecular weight is 362 g/mol. The van der Waals surface area contributed by atoms with Gasteiger partial charge in [0.25, 0.3) is 0 Å². The minimum Gasteiger partial charge on any atom is -0.493 e. The van der Waals surface area contributed by atoms with Crippen molar-refractivity contribution >= 4 is 27.5 Å². The third-order valence-electron chi connectivity index (χ3n) is 4.49. The van der Waals surface area contributed by atoms with Gasteiger partial charge in [0.1, 0.15) is 0 Å². The van der Waals surface area contributed by atoms with Gasteiger partial charge in [-0.15, -0.1) is 0 Å². The van der Waals surface area contributed by atoms with E-state index in [0.717, 1.165) is 16.3 Å². The van der Waals surface area contributed by atoms with E-state index in [2.05, 4.69) is 29.8 Å². The first-order valence-corrected chi connectivity index (χ1v) is 8.25. The summed E-state index contributed by atoms with van der Waals surface area (Å²) in [4.78, 5) is 0.243. The highest BCUT2D eigenvalue weighted by Gasteiger charge is 2.39. The van der Waals surface area contributed by atoms with Crippen LogP contribution in [-0.4, -0.2) is 14.2 Å². The van der Waals surface area contributed by atoms with Gasteiger partial charge in [-0.05, 0) is 35.8 Å². The molecule has 4 heteroatoms. The highest BCUT2D eigenvalue weighted by atomic mass is 79.9. The van der Waals surface area contributed by atoms with Gasteiger partial charge >= 0.3 is 0 Å². The van der Waals surface area contributed by atoms with Crippen LogP contribution in [0.4, 0.5) is 0 Å². The first-order valence-electron chi connectivity index (χ1n) is 6.96. The molecule has 2 atom stereocenters. The number of ether oxygens (including phenoxy) is 2. The van der Waals surface area contributed by atoms with Crippen LogP contribution in [0.5, 0.6) is 11.5 Å². The normalized spacial score (nSPS) is 22.6. The second-order valence-corrected chi connectivity index (χ2v) is 7.51. The first-order chi connectivity index (χ1) is 9.40. The molecule has 2 nitrogen and oxygen atoms in total. The Labute approximate surface area is 134 Å². The molecule has 0 aliphatic heterocycles. The molecule has 20 heavy (non-hydrogen) atoms. The third-order valence-corrected chi connectivity index (χ3v) is 5.95. The fourth-order valence-corrected chi connectivity index (χ4v) is 4.96. The molecule has 0 spiro atoms.